The smallest absolute Gasteiger partial charge is 0.226 e. The molecule has 2 aromatic carbocycles. The SMILES string of the molecule is CCNC(=NCCc1coc(-c2ccc(F)cc2)n1)N(C)Cc1ccc(OC)cc1.I. The number of benzene rings is 2. The molecule has 31 heavy (non-hydrogen) atoms. The molecule has 0 saturated carbocycles. The summed E-state index contributed by atoms with van der Waals surface area (Å²) in [4.78, 5) is 11.3. The van der Waals surface area contributed by atoms with E-state index < -0.39 is 0 Å². The molecule has 0 atom stereocenters. The van der Waals surface area contributed by atoms with Crippen molar-refractivity contribution < 1.29 is 13.5 Å². The summed E-state index contributed by atoms with van der Waals surface area (Å²) in [5, 5.41) is 3.32. The van der Waals surface area contributed by atoms with Crippen LogP contribution < -0.4 is 10.1 Å². The largest absolute Gasteiger partial charge is 0.497 e. The highest BCUT2D eigenvalue weighted by Crippen LogP contribution is 2.19. The number of methoxy groups -OCH3 is 1. The molecule has 0 spiro atoms. The number of nitrogens with zero attached hydrogens (tertiary/aromatic N) is 3. The first-order valence-corrected chi connectivity index (χ1v) is 9.91. The van der Waals surface area contributed by atoms with E-state index in [-0.39, 0.29) is 29.8 Å². The van der Waals surface area contributed by atoms with Gasteiger partial charge in [0.25, 0.3) is 0 Å². The van der Waals surface area contributed by atoms with Gasteiger partial charge in [-0.1, -0.05) is 12.1 Å². The molecule has 3 rings (SSSR count). The Balaban J connectivity index is 0.00000341. The van der Waals surface area contributed by atoms with Crippen LogP contribution in [0.1, 0.15) is 18.2 Å². The van der Waals surface area contributed by atoms with Crippen LogP contribution in [0.3, 0.4) is 0 Å². The lowest BCUT2D eigenvalue weighted by atomic mass is 10.2. The van der Waals surface area contributed by atoms with Crippen LogP contribution in [0.25, 0.3) is 11.5 Å². The number of aliphatic imine (C=N–C) groups is 1. The highest BCUT2D eigenvalue weighted by Gasteiger charge is 2.09. The lowest BCUT2D eigenvalue weighted by Gasteiger charge is -2.22. The minimum atomic E-state index is -0.283. The van der Waals surface area contributed by atoms with Crippen molar-refractivity contribution in [3.05, 3.63) is 71.9 Å². The fourth-order valence-electron chi connectivity index (χ4n) is 2.97. The maximum Gasteiger partial charge on any atom is 0.226 e. The third kappa shape index (κ3) is 7.23. The Labute approximate surface area is 199 Å². The summed E-state index contributed by atoms with van der Waals surface area (Å²) in [7, 11) is 3.67. The number of ether oxygens (including phenoxy) is 1. The zero-order valence-electron chi connectivity index (χ0n) is 18.0. The second-order valence-electron chi connectivity index (χ2n) is 6.84. The van der Waals surface area contributed by atoms with E-state index in [2.05, 4.69) is 15.2 Å². The van der Waals surface area contributed by atoms with Crippen LogP contribution in [0.4, 0.5) is 4.39 Å². The van der Waals surface area contributed by atoms with E-state index in [0.717, 1.165) is 36.1 Å². The number of halogens is 2. The van der Waals surface area contributed by atoms with Gasteiger partial charge in [-0.25, -0.2) is 9.37 Å². The topological polar surface area (TPSA) is 62.9 Å². The van der Waals surface area contributed by atoms with Gasteiger partial charge in [0.15, 0.2) is 5.96 Å². The van der Waals surface area contributed by atoms with Crippen molar-refractivity contribution in [2.24, 2.45) is 4.99 Å². The second-order valence-corrected chi connectivity index (χ2v) is 6.84. The molecule has 0 bridgehead atoms. The molecule has 1 aromatic heterocycles. The number of oxazole rings is 1. The number of hydrogen-bond donors (Lipinski definition) is 1. The summed E-state index contributed by atoms with van der Waals surface area (Å²) in [6.45, 7) is 4.13. The van der Waals surface area contributed by atoms with E-state index in [9.17, 15) is 4.39 Å². The Hall–Kier alpha value is -2.62. The van der Waals surface area contributed by atoms with Gasteiger partial charge in [0, 0.05) is 38.7 Å². The molecule has 166 valence electrons. The summed E-state index contributed by atoms with van der Waals surface area (Å²) >= 11 is 0. The van der Waals surface area contributed by atoms with Crippen LogP contribution >= 0.6 is 24.0 Å². The number of guanidine groups is 1. The minimum Gasteiger partial charge on any atom is -0.497 e. The third-order valence-corrected chi connectivity index (χ3v) is 4.55. The standard InChI is InChI=1S/C23H27FN4O2.HI/c1-4-25-23(28(2)15-17-5-11-21(29-3)12-6-17)26-14-13-20-16-30-22(27-20)18-7-9-19(24)10-8-18;/h5-12,16H,4,13-15H2,1-3H3,(H,25,26);1H. The minimum absolute atomic E-state index is 0. The first-order valence-electron chi connectivity index (χ1n) is 9.91. The van der Waals surface area contributed by atoms with Crippen molar-refractivity contribution in [3.63, 3.8) is 0 Å². The molecule has 0 aliphatic heterocycles. The van der Waals surface area contributed by atoms with Gasteiger partial charge in [0.05, 0.1) is 12.8 Å². The van der Waals surface area contributed by atoms with E-state index in [1.807, 2.05) is 38.2 Å². The van der Waals surface area contributed by atoms with Crippen molar-refractivity contribution in [3.8, 4) is 17.2 Å². The quantitative estimate of drug-likeness (QED) is 0.255. The van der Waals surface area contributed by atoms with Crippen LogP contribution in [0.2, 0.25) is 0 Å². The molecule has 0 aliphatic carbocycles. The molecule has 1 N–H and O–H groups in total. The van der Waals surface area contributed by atoms with Crippen molar-refractivity contribution in [1.29, 1.82) is 0 Å². The molecule has 3 aromatic rings. The molecule has 0 aliphatic rings. The van der Waals surface area contributed by atoms with Crippen LogP contribution in [-0.2, 0) is 13.0 Å². The normalized spacial score (nSPS) is 11.0. The zero-order valence-corrected chi connectivity index (χ0v) is 20.3. The highest BCUT2D eigenvalue weighted by atomic mass is 127. The van der Waals surface area contributed by atoms with Gasteiger partial charge >= 0.3 is 0 Å². The number of nitrogens with one attached hydrogen (secondary N) is 1. The molecule has 0 radical (unpaired) electrons. The summed E-state index contributed by atoms with van der Waals surface area (Å²) in [6.07, 6.45) is 2.28. The average molecular weight is 538 g/mol. The van der Waals surface area contributed by atoms with Gasteiger partial charge in [-0.05, 0) is 48.9 Å². The summed E-state index contributed by atoms with van der Waals surface area (Å²) in [6, 6.07) is 14.1. The van der Waals surface area contributed by atoms with Crippen LogP contribution in [0.15, 0.2) is 64.2 Å². The number of aromatic nitrogens is 1. The lowest BCUT2D eigenvalue weighted by Crippen LogP contribution is -2.38. The van der Waals surface area contributed by atoms with Gasteiger partial charge in [-0.2, -0.15) is 0 Å². The number of rotatable bonds is 8. The third-order valence-electron chi connectivity index (χ3n) is 4.55. The van der Waals surface area contributed by atoms with Crippen LogP contribution in [0.5, 0.6) is 5.75 Å². The Morgan fingerprint density at radius 2 is 1.87 bits per heavy atom. The Kier molecular flexibility index (Phi) is 9.77. The zero-order chi connectivity index (χ0) is 21.3. The van der Waals surface area contributed by atoms with Gasteiger partial charge in [0.2, 0.25) is 5.89 Å². The first-order chi connectivity index (χ1) is 14.6. The van der Waals surface area contributed by atoms with E-state index in [0.29, 0.717) is 18.9 Å². The second kappa shape index (κ2) is 12.3. The van der Waals surface area contributed by atoms with Gasteiger partial charge in [-0.3, -0.25) is 4.99 Å². The summed E-state index contributed by atoms with van der Waals surface area (Å²) < 4.78 is 23.8. The average Bonchev–Trinajstić information content (AvgIpc) is 3.23. The fraction of sp³-hybridized carbons (Fsp3) is 0.304. The van der Waals surface area contributed by atoms with E-state index in [4.69, 9.17) is 14.1 Å². The predicted molar refractivity (Wildman–Crippen MR) is 131 cm³/mol. The summed E-state index contributed by atoms with van der Waals surface area (Å²) in [5.41, 5.74) is 2.73. The molecule has 1 heterocycles. The molecule has 0 fully saturated rings. The van der Waals surface area contributed by atoms with E-state index in [1.165, 1.54) is 17.7 Å². The van der Waals surface area contributed by atoms with Gasteiger partial charge in [-0.15, -0.1) is 24.0 Å². The predicted octanol–water partition coefficient (Wildman–Crippen LogP) is 4.75. The molecule has 0 amide bonds. The molecule has 8 heteroatoms. The van der Waals surface area contributed by atoms with Crippen LogP contribution in [-0.4, -0.2) is 43.1 Å². The Morgan fingerprint density at radius 1 is 1.16 bits per heavy atom. The van der Waals surface area contributed by atoms with Crippen molar-refractivity contribution in [2.75, 3.05) is 27.2 Å². The van der Waals surface area contributed by atoms with Gasteiger partial charge in [0.1, 0.15) is 17.8 Å². The molecule has 6 nitrogen and oxygen atoms in total. The molecule has 0 saturated heterocycles. The summed E-state index contributed by atoms with van der Waals surface area (Å²) in [5.74, 6) is 1.87. The van der Waals surface area contributed by atoms with E-state index >= 15 is 0 Å². The van der Waals surface area contributed by atoms with Crippen molar-refractivity contribution in [2.45, 2.75) is 19.9 Å². The first kappa shape index (κ1) is 24.6. The Morgan fingerprint density at radius 3 is 2.52 bits per heavy atom. The van der Waals surface area contributed by atoms with Crippen molar-refractivity contribution in [1.82, 2.24) is 15.2 Å². The highest BCUT2D eigenvalue weighted by molar-refractivity contribution is 14.0. The van der Waals surface area contributed by atoms with Gasteiger partial charge < -0.3 is 19.4 Å². The Bertz CT molecular complexity index is 958. The maximum absolute atomic E-state index is 13.1. The maximum atomic E-state index is 13.1. The number of hydrogen-bond acceptors (Lipinski definition) is 4. The lowest BCUT2D eigenvalue weighted by molar-refractivity contribution is 0.414. The fourth-order valence-corrected chi connectivity index (χ4v) is 2.97. The van der Waals surface area contributed by atoms with Crippen molar-refractivity contribution >= 4 is 29.9 Å². The monoisotopic (exact) mass is 538 g/mol. The molecular formula is C23H28FIN4O2. The molecule has 0 unspecified atom stereocenters. The molecular weight excluding hydrogens is 510 g/mol. The van der Waals surface area contributed by atoms with Crippen LogP contribution in [0, 0.1) is 5.82 Å². The van der Waals surface area contributed by atoms with E-state index in [1.54, 1.807) is 25.5 Å².